The normalized spacial score (nSPS) is 18.7. The number of rotatable bonds is 3. The summed E-state index contributed by atoms with van der Waals surface area (Å²) in [5, 5.41) is 3.00. The number of nitrogens with one attached hydrogen (secondary N) is 1. The number of ether oxygens (including phenoxy) is 1. The highest BCUT2D eigenvalue weighted by Gasteiger charge is 2.32. The zero-order valence-electron chi connectivity index (χ0n) is 19.1. The molecule has 164 valence electrons. The highest BCUT2D eigenvalue weighted by Crippen LogP contribution is 2.34. The molecule has 0 aromatic carbocycles. The van der Waals surface area contributed by atoms with Gasteiger partial charge < -0.3 is 19.9 Å². The van der Waals surface area contributed by atoms with Crippen LogP contribution in [-0.2, 0) is 4.74 Å². The van der Waals surface area contributed by atoms with E-state index in [9.17, 15) is 4.79 Å². The molecule has 2 saturated heterocycles. The lowest BCUT2D eigenvalue weighted by atomic mass is 9.79. The Labute approximate surface area is 176 Å². The maximum Gasteiger partial charge on any atom is 0.410 e. The smallest absolute Gasteiger partial charge is 0.410 e. The van der Waals surface area contributed by atoms with Gasteiger partial charge in [0.25, 0.3) is 0 Å². The van der Waals surface area contributed by atoms with Crippen molar-refractivity contribution >= 4 is 17.9 Å². The van der Waals surface area contributed by atoms with E-state index in [1.54, 1.807) is 0 Å². The van der Waals surface area contributed by atoms with Crippen LogP contribution in [0.4, 0.5) is 16.6 Å². The second-order valence-corrected chi connectivity index (χ2v) is 8.62. The molecule has 1 aromatic rings. The van der Waals surface area contributed by atoms with Crippen molar-refractivity contribution in [2.75, 3.05) is 43.4 Å². The van der Waals surface area contributed by atoms with Gasteiger partial charge in [0.15, 0.2) is 0 Å². The van der Waals surface area contributed by atoms with Gasteiger partial charge in [0.1, 0.15) is 11.4 Å². The third-order valence-electron chi connectivity index (χ3n) is 5.59. The number of amides is 1. The molecule has 0 saturated carbocycles. The second kappa shape index (κ2) is 10.6. The zero-order valence-corrected chi connectivity index (χ0v) is 19.1. The van der Waals surface area contributed by atoms with Gasteiger partial charge in [-0.2, -0.15) is 4.98 Å². The summed E-state index contributed by atoms with van der Waals surface area (Å²) in [6.07, 6.45) is 6.20. The quantitative estimate of drug-likeness (QED) is 0.803. The molecule has 0 bridgehead atoms. The van der Waals surface area contributed by atoms with Crippen LogP contribution in [-0.4, -0.2) is 59.8 Å². The molecule has 7 nitrogen and oxygen atoms in total. The van der Waals surface area contributed by atoms with Crippen LogP contribution < -0.4 is 10.2 Å². The van der Waals surface area contributed by atoms with Gasteiger partial charge in [-0.3, -0.25) is 0 Å². The van der Waals surface area contributed by atoms with Crippen LogP contribution in [0.1, 0.15) is 60.3 Å². The van der Waals surface area contributed by atoms with Crippen molar-refractivity contribution in [2.45, 2.75) is 65.9 Å². The van der Waals surface area contributed by atoms with E-state index in [4.69, 9.17) is 4.74 Å². The summed E-state index contributed by atoms with van der Waals surface area (Å²) in [7, 11) is 1.84. The molecule has 1 amide bonds. The standard InChI is InChI=1S/C20H33N5O2.C2H6/c1-20(2,3)27-19(26)25-13-8-16(9-14-25)15-6-11-24(12-7-15)17-5-10-22-18(21-4)23-17;1-2/h5,10,15-16H,6-9,11-14H2,1-4H3,(H,21,22,23);1-2H3. The van der Waals surface area contributed by atoms with Gasteiger partial charge in [0.2, 0.25) is 5.95 Å². The SMILES string of the molecule is CC.CNc1nccc(N2CCC(C3CCN(C(=O)OC(C)(C)C)CC3)CC2)n1. The van der Waals surface area contributed by atoms with Crippen molar-refractivity contribution in [3.05, 3.63) is 12.3 Å². The number of nitrogens with zero attached hydrogens (tertiary/aromatic N) is 4. The number of aromatic nitrogens is 2. The minimum absolute atomic E-state index is 0.167. The third kappa shape index (κ3) is 6.75. The molecule has 7 heteroatoms. The highest BCUT2D eigenvalue weighted by molar-refractivity contribution is 5.68. The summed E-state index contributed by atoms with van der Waals surface area (Å²) >= 11 is 0. The summed E-state index contributed by atoms with van der Waals surface area (Å²) in [5.41, 5.74) is -0.422. The van der Waals surface area contributed by atoms with Crippen LogP contribution in [0.25, 0.3) is 0 Å². The highest BCUT2D eigenvalue weighted by atomic mass is 16.6. The summed E-state index contributed by atoms with van der Waals surface area (Å²) in [5.74, 6) is 3.13. The first-order valence-corrected chi connectivity index (χ1v) is 11.1. The molecule has 1 N–H and O–H groups in total. The van der Waals surface area contributed by atoms with Crippen LogP contribution >= 0.6 is 0 Å². The minimum Gasteiger partial charge on any atom is -0.444 e. The lowest BCUT2D eigenvalue weighted by Gasteiger charge is -2.40. The van der Waals surface area contributed by atoms with Crippen LogP contribution in [0.2, 0.25) is 0 Å². The number of carbonyl (C=O) groups is 1. The van der Waals surface area contributed by atoms with Crippen molar-refractivity contribution in [3.63, 3.8) is 0 Å². The van der Waals surface area contributed by atoms with Gasteiger partial charge in [-0.1, -0.05) is 13.8 Å². The van der Waals surface area contributed by atoms with Crippen LogP contribution in [0, 0.1) is 11.8 Å². The summed E-state index contributed by atoms with van der Waals surface area (Å²) in [6, 6.07) is 1.99. The average molecular weight is 406 g/mol. The lowest BCUT2D eigenvalue weighted by molar-refractivity contribution is 0.0152. The van der Waals surface area contributed by atoms with E-state index in [1.807, 2.05) is 58.8 Å². The molecule has 0 spiro atoms. The molecule has 2 aliphatic heterocycles. The number of hydrogen-bond donors (Lipinski definition) is 1. The van der Waals surface area contributed by atoms with Gasteiger partial charge in [-0.25, -0.2) is 9.78 Å². The Morgan fingerprint density at radius 3 is 2.14 bits per heavy atom. The van der Waals surface area contributed by atoms with Gasteiger partial charge in [0.05, 0.1) is 0 Å². The lowest BCUT2D eigenvalue weighted by Crippen LogP contribution is -2.44. The minimum atomic E-state index is -0.422. The van der Waals surface area contributed by atoms with Crippen molar-refractivity contribution in [1.29, 1.82) is 0 Å². The van der Waals surface area contributed by atoms with Crippen LogP contribution in [0.5, 0.6) is 0 Å². The van der Waals surface area contributed by atoms with E-state index in [-0.39, 0.29) is 6.09 Å². The first-order valence-electron chi connectivity index (χ1n) is 11.1. The Morgan fingerprint density at radius 1 is 1.07 bits per heavy atom. The Morgan fingerprint density at radius 2 is 1.62 bits per heavy atom. The zero-order chi connectivity index (χ0) is 21.4. The number of likely N-dealkylation sites (tertiary alicyclic amines) is 1. The van der Waals surface area contributed by atoms with Gasteiger partial charge in [-0.05, 0) is 64.4 Å². The Balaban J connectivity index is 0.00000145. The van der Waals surface area contributed by atoms with E-state index in [1.165, 1.54) is 12.8 Å². The largest absolute Gasteiger partial charge is 0.444 e. The molecule has 0 unspecified atom stereocenters. The number of hydrogen-bond acceptors (Lipinski definition) is 6. The number of piperidine rings is 2. The molecule has 2 fully saturated rings. The van der Waals surface area contributed by atoms with E-state index < -0.39 is 5.60 Å². The van der Waals surface area contributed by atoms with Crippen molar-refractivity contribution in [2.24, 2.45) is 11.8 Å². The molecular formula is C22H39N5O2. The van der Waals surface area contributed by atoms with Crippen molar-refractivity contribution in [3.8, 4) is 0 Å². The number of anilines is 2. The molecule has 1 aromatic heterocycles. The van der Waals surface area contributed by atoms with E-state index in [0.717, 1.165) is 50.8 Å². The van der Waals surface area contributed by atoms with E-state index >= 15 is 0 Å². The summed E-state index contributed by atoms with van der Waals surface area (Å²) in [4.78, 5) is 25.2. The average Bonchev–Trinajstić information content (AvgIpc) is 2.74. The maximum absolute atomic E-state index is 12.2. The molecule has 2 aliphatic rings. The molecule has 3 heterocycles. The molecule has 29 heavy (non-hydrogen) atoms. The molecule has 0 atom stereocenters. The monoisotopic (exact) mass is 405 g/mol. The molecule has 0 aliphatic carbocycles. The summed E-state index contributed by atoms with van der Waals surface area (Å²) < 4.78 is 5.50. The topological polar surface area (TPSA) is 70.6 Å². The van der Waals surface area contributed by atoms with Gasteiger partial charge in [0, 0.05) is 39.4 Å². The Bertz CT molecular complexity index is 630. The van der Waals surface area contributed by atoms with Crippen molar-refractivity contribution < 1.29 is 9.53 Å². The predicted molar refractivity (Wildman–Crippen MR) is 118 cm³/mol. The molecule has 3 rings (SSSR count). The van der Waals surface area contributed by atoms with E-state index in [0.29, 0.717) is 11.9 Å². The van der Waals surface area contributed by atoms with Crippen LogP contribution in [0.3, 0.4) is 0 Å². The van der Waals surface area contributed by atoms with Gasteiger partial charge in [-0.15, -0.1) is 0 Å². The predicted octanol–water partition coefficient (Wildman–Crippen LogP) is 4.41. The fraction of sp³-hybridized carbons (Fsp3) is 0.773. The summed E-state index contributed by atoms with van der Waals surface area (Å²) in [6.45, 7) is 13.5. The van der Waals surface area contributed by atoms with E-state index in [2.05, 4.69) is 20.2 Å². The first-order chi connectivity index (χ1) is 13.9. The Hall–Kier alpha value is -2.05. The van der Waals surface area contributed by atoms with Crippen LogP contribution in [0.15, 0.2) is 12.3 Å². The maximum atomic E-state index is 12.2. The first kappa shape index (κ1) is 23.2. The second-order valence-electron chi connectivity index (χ2n) is 8.62. The van der Waals surface area contributed by atoms with Crippen molar-refractivity contribution in [1.82, 2.24) is 14.9 Å². The molecule has 0 radical (unpaired) electrons. The number of carbonyl (C=O) groups excluding carboxylic acids is 1. The Kier molecular flexibility index (Phi) is 8.53. The third-order valence-corrected chi connectivity index (χ3v) is 5.59. The fourth-order valence-corrected chi connectivity index (χ4v) is 4.13. The van der Waals surface area contributed by atoms with Gasteiger partial charge >= 0.3 is 6.09 Å². The molecular weight excluding hydrogens is 366 g/mol. The fourth-order valence-electron chi connectivity index (χ4n) is 4.13.